The number of ketones is 1. The number of ether oxygens (including phenoxy) is 2. The first-order chi connectivity index (χ1) is 20.2. The number of nitrogens with one attached hydrogen (secondary N) is 3. The minimum atomic E-state index is -1.22. The van der Waals surface area contributed by atoms with Gasteiger partial charge in [0.25, 0.3) is 0 Å². The van der Waals surface area contributed by atoms with Gasteiger partial charge in [-0.3, -0.25) is 30.0 Å². The number of carbonyl (C=O) groups excluding carboxylic acids is 4. The number of amides is 1. The van der Waals surface area contributed by atoms with Crippen LogP contribution < -0.4 is 5.32 Å². The van der Waals surface area contributed by atoms with Gasteiger partial charge in [0.15, 0.2) is 16.9 Å². The maximum absolute atomic E-state index is 12.9. The summed E-state index contributed by atoms with van der Waals surface area (Å²) >= 11 is 2.10. The maximum Gasteiger partial charge on any atom is 0.322 e. The second-order valence-corrected chi connectivity index (χ2v) is 11.3. The van der Waals surface area contributed by atoms with E-state index in [9.17, 15) is 19.2 Å². The van der Waals surface area contributed by atoms with Gasteiger partial charge in [-0.2, -0.15) is 0 Å². The number of aromatic nitrogens is 2. The van der Waals surface area contributed by atoms with Crippen LogP contribution in [0, 0.1) is 10.8 Å². The van der Waals surface area contributed by atoms with Crippen LogP contribution in [-0.4, -0.2) is 58.3 Å². The number of hydrogen-bond donors (Lipinski definition) is 3. The summed E-state index contributed by atoms with van der Waals surface area (Å²) in [5.74, 6) is -4.63. The van der Waals surface area contributed by atoms with Crippen LogP contribution in [0.2, 0.25) is 0 Å². The summed E-state index contributed by atoms with van der Waals surface area (Å²) in [5, 5.41) is 28.0. The summed E-state index contributed by atoms with van der Waals surface area (Å²) in [5.41, 5.74) is 1.00. The number of esters is 2. The quantitative estimate of drug-likeness (QED) is 0.0850. The van der Waals surface area contributed by atoms with E-state index in [0.29, 0.717) is 41.8 Å². The van der Waals surface area contributed by atoms with E-state index in [0.717, 1.165) is 16.8 Å². The van der Waals surface area contributed by atoms with Crippen molar-refractivity contribution in [2.24, 2.45) is 0 Å². The first-order valence-corrected chi connectivity index (χ1v) is 14.6. The van der Waals surface area contributed by atoms with Crippen molar-refractivity contribution >= 4 is 56.9 Å². The molecule has 1 amide bonds. The molecule has 11 nitrogen and oxygen atoms in total. The number of amidine groups is 1. The highest BCUT2D eigenvalue weighted by Crippen LogP contribution is 2.23. The molecule has 2 unspecified atom stereocenters. The number of Topliss-reactive ketones (excluding diaryl/α,β-unsaturated/α-hetero) is 1. The van der Waals surface area contributed by atoms with Gasteiger partial charge in [0.2, 0.25) is 5.91 Å². The zero-order valence-electron chi connectivity index (χ0n) is 23.1. The van der Waals surface area contributed by atoms with Gasteiger partial charge in [-0.15, -0.1) is 21.5 Å². The molecule has 1 aromatic heterocycles. The molecule has 0 radical (unpaired) electrons. The summed E-state index contributed by atoms with van der Waals surface area (Å²) < 4.78 is 9.59. The molecule has 220 valence electrons. The third kappa shape index (κ3) is 9.42. The summed E-state index contributed by atoms with van der Waals surface area (Å²) in [6.45, 7) is 0. The fourth-order valence-electron chi connectivity index (χ4n) is 4.03. The van der Waals surface area contributed by atoms with Crippen LogP contribution >= 0.6 is 23.1 Å². The first-order valence-electron chi connectivity index (χ1n) is 13.0. The van der Waals surface area contributed by atoms with Crippen molar-refractivity contribution in [2.75, 3.05) is 14.2 Å². The second kappa shape index (κ2) is 16.3. The van der Waals surface area contributed by atoms with E-state index in [4.69, 9.17) is 20.3 Å². The fraction of sp³-hybridized carbons (Fsp3) is 0.310. The lowest BCUT2D eigenvalue weighted by Gasteiger charge is -2.15. The van der Waals surface area contributed by atoms with Crippen LogP contribution in [0.3, 0.4) is 0 Å². The summed E-state index contributed by atoms with van der Waals surface area (Å²) in [6.07, 6.45) is 2.26. The second-order valence-electron chi connectivity index (χ2n) is 9.02. The fourth-order valence-corrected chi connectivity index (χ4v) is 5.57. The molecule has 0 spiro atoms. The van der Waals surface area contributed by atoms with E-state index in [1.54, 1.807) is 60.7 Å². The minimum Gasteiger partial charge on any atom is -0.468 e. The Labute approximate surface area is 251 Å². The van der Waals surface area contributed by atoms with Crippen molar-refractivity contribution in [3.8, 4) is 0 Å². The molecule has 0 saturated carbocycles. The number of aryl methyl sites for hydroxylation is 1. The van der Waals surface area contributed by atoms with Crippen LogP contribution in [0.25, 0.3) is 0 Å². The Hall–Kier alpha value is -4.23. The molecule has 3 N–H and O–H groups in total. The Balaban J connectivity index is 1.43. The molecule has 0 aliphatic carbocycles. The number of unbranched alkanes of at least 4 members (excludes halogenated alkanes) is 1. The average molecular weight is 610 g/mol. The van der Waals surface area contributed by atoms with E-state index >= 15 is 0 Å². The van der Waals surface area contributed by atoms with E-state index in [1.165, 1.54) is 25.6 Å². The minimum absolute atomic E-state index is 0.0391. The first kappa shape index (κ1) is 32.3. The smallest absolute Gasteiger partial charge is 0.322 e. The Morgan fingerprint density at radius 1 is 0.833 bits per heavy atom. The highest BCUT2D eigenvalue weighted by Gasteiger charge is 2.31. The Morgan fingerprint density at radius 2 is 1.38 bits per heavy atom. The normalized spacial score (nSPS) is 12.0. The lowest BCUT2D eigenvalue weighted by molar-refractivity contribution is -0.147. The molecule has 2 atom stereocenters. The summed E-state index contributed by atoms with van der Waals surface area (Å²) in [4.78, 5) is 50.1. The van der Waals surface area contributed by atoms with E-state index in [1.807, 2.05) is 0 Å². The van der Waals surface area contributed by atoms with Gasteiger partial charge in [0.1, 0.15) is 15.9 Å². The molecule has 0 aliphatic rings. The molecule has 0 saturated heterocycles. The third-order valence-corrected chi connectivity index (χ3v) is 7.80. The highest BCUT2D eigenvalue weighted by molar-refractivity contribution is 8.26. The molecule has 0 aliphatic heterocycles. The Morgan fingerprint density at radius 3 is 1.98 bits per heavy atom. The van der Waals surface area contributed by atoms with Crippen molar-refractivity contribution in [3.05, 3.63) is 81.8 Å². The summed E-state index contributed by atoms with van der Waals surface area (Å²) in [7, 11) is 2.44. The number of methoxy groups -OCH3 is 2. The zero-order chi connectivity index (χ0) is 30.5. The van der Waals surface area contributed by atoms with Crippen LogP contribution in [0.5, 0.6) is 0 Å². The average Bonchev–Trinajstić information content (AvgIpc) is 3.43. The molecule has 3 aromatic rings. The van der Waals surface area contributed by atoms with Crippen LogP contribution in [0.1, 0.15) is 52.2 Å². The van der Waals surface area contributed by atoms with Crippen molar-refractivity contribution in [3.63, 3.8) is 0 Å². The summed E-state index contributed by atoms with van der Waals surface area (Å²) in [6, 6.07) is 17.1. The van der Waals surface area contributed by atoms with Crippen LogP contribution in [0.15, 0.2) is 60.7 Å². The van der Waals surface area contributed by atoms with Gasteiger partial charge in [-0.05, 0) is 42.2 Å². The molecule has 13 heteroatoms. The largest absolute Gasteiger partial charge is 0.468 e. The van der Waals surface area contributed by atoms with Crippen molar-refractivity contribution in [2.45, 2.75) is 43.9 Å². The highest BCUT2D eigenvalue weighted by atomic mass is 32.2. The van der Waals surface area contributed by atoms with Gasteiger partial charge in [0.05, 0.1) is 25.7 Å². The number of hydrogen-bond acceptors (Lipinski definition) is 12. The number of thioether (sulfide) groups is 1. The van der Waals surface area contributed by atoms with Gasteiger partial charge in [-0.1, -0.05) is 60.7 Å². The van der Waals surface area contributed by atoms with Crippen molar-refractivity contribution in [1.29, 1.82) is 10.8 Å². The molecule has 3 rings (SSSR count). The molecule has 0 fully saturated rings. The number of nitrogens with zero attached hydrogens (tertiary/aromatic N) is 2. The maximum atomic E-state index is 12.9. The van der Waals surface area contributed by atoms with Gasteiger partial charge >= 0.3 is 11.9 Å². The van der Waals surface area contributed by atoms with E-state index in [2.05, 4.69) is 15.5 Å². The number of rotatable bonds is 13. The SMILES string of the molecule is COC(=O)C(C(=O)Cc1nnc(CCCCC(=N)SC(=N)NC(=O)C(C(=O)OC)c2ccccc2)s1)c1ccccc1. The Kier molecular flexibility index (Phi) is 12.5. The van der Waals surface area contributed by atoms with Crippen LogP contribution in [-0.2, 0) is 41.5 Å². The van der Waals surface area contributed by atoms with Crippen LogP contribution in [0.4, 0.5) is 0 Å². The van der Waals surface area contributed by atoms with Gasteiger partial charge < -0.3 is 14.8 Å². The lowest BCUT2D eigenvalue weighted by atomic mass is 9.93. The third-order valence-electron chi connectivity index (χ3n) is 6.06. The van der Waals surface area contributed by atoms with Gasteiger partial charge in [-0.25, -0.2) is 0 Å². The monoisotopic (exact) mass is 609 g/mol. The van der Waals surface area contributed by atoms with Crippen molar-refractivity contribution in [1.82, 2.24) is 15.5 Å². The molecule has 1 heterocycles. The zero-order valence-corrected chi connectivity index (χ0v) is 24.8. The molecular weight excluding hydrogens is 578 g/mol. The molecule has 0 bridgehead atoms. The van der Waals surface area contributed by atoms with E-state index < -0.39 is 29.7 Å². The van der Waals surface area contributed by atoms with Gasteiger partial charge in [0, 0.05) is 6.42 Å². The lowest BCUT2D eigenvalue weighted by Crippen LogP contribution is -2.37. The van der Waals surface area contributed by atoms with Crippen molar-refractivity contribution < 1.29 is 28.7 Å². The predicted molar refractivity (Wildman–Crippen MR) is 160 cm³/mol. The number of benzene rings is 2. The predicted octanol–water partition coefficient (Wildman–Crippen LogP) is 4.04. The topological polar surface area (TPSA) is 172 Å². The molecule has 2 aromatic carbocycles. The molecule has 42 heavy (non-hydrogen) atoms. The standard InChI is InChI=1S/C29H31N5O6S2/c1-39-27(37)24(18-11-5-3-6-12-18)20(35)17-23-34-33-22(42-23)16-10-9-15-21(30)41-29(31)32-26(36)25(28(38)40-2)19-13-7-4-8-14-19/h3-8,11-14,24-25,30H,9-10,15-17H2,1-2H3,(H2,31,32,36). The Bertz CT molecular complexity index is 1410. The number of carbonyl (C=O) groups is 4. The van der Waals surface area contributed by atoms with E-state index in [-0.39, 0.29) is 22.4 Å². The molecular formula is C29H31N5O6S2.